The number of halogens is 4. The molecule has 1 saturated heterocycles. The third kappa shape index (κ3) is 4.07. The van der Waals surface area contributed by atoms with Gasteiger partial charge in [0.15, 0.2) is 0 Å². The maximum atomic E-state index is 13.1. The maximum Gasteiger partial charge on any atom is 0.262 e. The summed E-state index contributed by atoms with van der Waals surface area (Å²) < 4.78 is 28.6. The molecular formula is C14H14BrClF2N4O. The number of nitrogens with one attached hydrogen (secondary N) is 2. The van der Waals surface area contributed by atoms with Crippen molar-refractivity contribution >= 4 is 39.9 Å². The number of carbonyl (C=O) groups excluding carboxylic acids is 1. The molecule has 23 heavy (non-hydrogen) atoms. The van der Waals surface area contributed by atoms with Crippen molar-refractivity contribution in [2.24, 2.45) is 0 Å². The molecule has 2 N–H and O–H groups in total. The van der Waals surface area contributed by atoms with Gasteiger partial charge in [-0.05, 0) is 28.1 Å². The van der Waals surface area contributed by atoms with Crippen LogP contribution in [0.15, 0.2) is 41.1 Å². The van der Waals surface area contributed by atoms with Gasteiger partial charge in [0, 0.05) is 10.9 Å². The monoisotopic (exact) mass is 406 g/mol. The number of anilines is 1. The second-order valence-corrected chi connectivity index (χ2v) is 5.96. The molecule has 1 aliphatic rings. The zero-order valence-electron chi connectivity index (χ0n) is 11.8. The molecular weight excluding hydrogens is 394 g/mol. The van der Waals surface area contributed by atoms with Crippen LogP contribution in [-0.4, -0.2) is 34.2 Å². The van der Waals surface area contributed by atoms with E-state index in [0.29, 0.717) is 5.69 Å². The zero-order chi connectivity index (χ0) is 15.7. The molecule has 5 nitrogen and oxygen atoms in total. The van der Waals surface area contributed by atoms with E-state index in [0.717, 1.165) is 10.2 Å². The summed E-state index contributed by atoms with van der Waals surface area (Å²) in [4.78, 5) is 12.0. The van der Waals surface area contributed by atoms with Crippen LogP contribution >= 0.6 is 28.3 Å². The summed E-state index contributed by atoms with van der Waals surface area (Å²) in [6, 6.07) is 6.60. The first-order valence-electron chi connectivity index (χ1n) is 6.66. The summed E-state index contributed by atoms with van der Waals surface area (Å²) in [6.07, 6.45) is 2.62. The normalized spacial score (nSPS) is 19.2. The average Bonchev–Trinajstić information content (AvgIpc) is 3.06. The molecule has 0 saturated carbocycles. The van der Waals surface area contributed by atoms with Crippen LogP contribution in [0.3, 0.4) is 0 Å². The highest BCUT2D eigenvalue weighted by atomic mass is 79.9. The number of benzene rings is 1. The fraction of sp³-hybridized carbons (Fsp3) is 0.286. The highest BCUT2D eigenvalue weighted by Crippen LogP contribution is 2.26. The molecule has 1 unspecified atom stereocenters. The van der Waals surface area contributed by atoms with Crippen molar-refractivity contribution in [1.29, 1.82) is 0 Å². The van der Waals surface area contributed by atoms with E-state index in [2.05, 4.69) is 31.7 Å². The highest BCUT2D eigenvalue weighted by molar-refractivity contribution is 9.10. The molecule has 1 atom stereocenters. The summed E-state index contributed by atoms with van der Waals surface area (Å²) in [5.41, 5.74) is 1.27. The standard InChI is InChI=1S/C14H13BrF2N4O.ClH/c15-10-3-1-2-4-12(10)21-7-9(6-19-21)20-13(22)11-5-14(16,17)8-18-11;/h1-4,6-7,11,18H,5,8H2,(H,20,22);1H. The van der Waals surface area contributed by atoms with Gasteiger partial charge in [0.05, 0.1) is 36.4 Å². The number of rotatable bonds is 3. The summed E-state index contributed by atoms with van der Waals surface area (Å²) in [5.74, 6) is -3.31. The van der Waals surface area contributed by atoms with Gasteiger partial charge in [-0.3, -0.25) is 10.1 Å². The molecule has 3 rings (SSSR count). The van der Waals surface area contributed by atoms with Crippen molar-refractivity contribution in [3.05, 3.63) is 41.1 Å². The third-order valence-corrected chi connectivity index (χ3v) is 4.05. The Bertz CT molecular complexity index is 710. The zero-order valence-corrected chi connectivity index (χ0v) is 14.2. The minimum Gasteiger partial charge on any atom is -0.322 e. The number of hydrogen-bond acceptors (Lipinski definition) is 3. The predicted molar refractivity (Wildman–Crippen MR) is 88.5 cm³/mol. The van der Waals surface area contributed by atoms with Crippen molar-refractivity contribution in [2.45, 2.75) is 18.4 Å². The van der Waals surface area contributed by atoms with Gasteiger partial charge < -0.3 is 5.32 Å². The highest BCUT2D eigenvalue weighted by Gasteiger charge is 2.42. The van der Waals surface area contributed by atoms with Gasteiger partial charge in [-0.2, -0.15) is 5.10 Å². The Labute approximate surface area is 146 Å². The Morgan fingerprint density at radius 2 is 2.17 bits per heavy atom. The predicted octanol–water partition coefficient (Wildman–Crippen LogP) is 2.99. The van der Waals surface area contributed by atoms with E-state index in [-0.39, 0.29) is 12.4 Å². The van der Waals surface area contributed by atoms with Crippen LogP contribution in [0.25, 0.3) is 5.69 Å². The molecule has 0 radical (unpaired) electrons. The van der Waals surface area contributed by atoms with Crippen molar-refractivity contribution in [2.75, 3.05) is 11.9 Å². The Balaban J connectivity index is 0.00000192. The SMILES string of the molecule is Cl.O=C(Nc1cnn(-c2ccccc2Br)c1)C1CC(F)(F)CN1. The van der Waals surface area contributed by atoms with Gasteiger partial charge >= 0.3 is 0 Å². The largest absolute Gasteiger partial charge is 0.322 e. The first-order valence-corrected chi connectivity index (χ1v) is 7.46. The lowest BCUT2D eigenvalue weighted by Gasteiger charge is -2.09. The van der Waals surface area contributed by atoms with Crippen LogP contribution in [0.4, 0.5) is 14.5 Å². The molecule has 2 heterocycles. The molecule has 124 valence electrons. The fourth-order valence-corrected chi connectivity index (χ4v) is 2.75. The number of amides is 1. The summed E-state index contributed by atoms with van der Waals surface area (Å²) in [5, 5.41) is 9.27. The lowest BCUT2D eigenvalue weighted by atomic mass is 10.2. The average molecular weight is 408 g/mol. The molecule has 9 heteroatoms. The summed E-state index contributed by atoms with van der Waals surface area (Å²) in [6.45, 7) is -0.471. The second kappa shape index (κ2) is 6.94. The van der Waals surface area contributed by atoms with E-state index in [9.17, 15) is 13.6 Å². The lowest BCUT2D eigenvalue weighted by molar-refractivity contribution is -0.118. The Morgan fingerprint density at radius 1 is 1.43 bits per heavy atom. The number of para-hydroxylation sites is 1. The number of alkyl halides is 2. The minimum atomic E-state index is -2.83. The van der Waals surface area contributed by atoms with Gasteiger partial charge in [0.25, 0.3) is 5.92 Å². The fourth-order valence-electron chi connectivity index (χ4n) is 2.29. The number of nitrogens with zero attached hydrogens (tertiary/aromatic N) is 2. The first-order chi connectivity index (χ1) is 10.4. The van der Waals surface area contributed by atoms with Crippen LogP contribution in [0.5, 0.6) is 0 Å². The minimum absolute atomic E-state index is 0. The van der Waals surface area contributed by atoms with Crippen molar-refractivity contribution in [3.8, 4) is 5.69 Å². The third-order valence-electron chi connectivity index (χ3n) is 3.38. The molecule has 1 fully saturated rings. The van der Waals surface area contributed by atoms with E-state index in [1.807, 2.05) is 24.3 Å². The van der Waals surface area contributed by atoms with E-state index in [1.54, 1.807) is 10.9 Å². The van der Waals surface area contributed by atoms with Gasteiger partial charge in [-0.15, -0.1) is 12.4 Å². The quantitative estimate of drug-likeness (QED) is 0.822. The summed E-state index contributed by atoms with van der Waals surface area (Å²) in [7, 11) is 0. The number of hydrogen-bond donors (Lipinski definition) is 2. The molecule has 2 aromatic rings. The topological polar surface area (TPSA) is 59.0 Å². The van der Waals surface area contributed by atoms with Crippen molar-refractivity contribution in [1.82, 2.24) is 15.1 Å². The number of carbonyl (C=O) groups is 1. The van der Waals surface area contributed by atoms with Gasteiger partial charge in [-0.1, -0.05) is 12.1 Å². The van der Waals surface area contributed by atoms with Gasteiger partial charge in [-0.25, -0.2) is 13.5 Å². The van der Waals surface area contributed by atoms with Crippen LogP contribution in [0.2, 0.25) is 0 Å². The first kappa shape index (κ1) is 17.8. The smallest absolute Gasteiger partial charge is 0.262 e. The molecule has 0 spiro atoms. The van der Waals surface area contributed by atoms with E-state index in [4.69, 9.17) is 0 Å². The van der Waals surface area contributed by atoms with Crippen molar-refractivity contribution < 1.29 is 13.6 Å². The Hall–Kier alpha value is -1.51. The summed E-state index contributed by atoms with van der Waals surface area (Å²) >= 11 is 3.42. The van der Waals surface area contributed by atoms with Crippen LogP contribution in [-0.2, 0) is 4.79 Å². The van der Waals surface area contributed by atoms with Gasteiger partial charge in [0.1, 0.15) is 0 Å². The molecule has 0 aliphatic carbocycles. The maximum absolute atomic E-state index is 13.1. The van der Waals surface area contributed by atoms with E-state index < -0.39 is 30.8 Å². The lowest BCUT2D eigenvalue weighted by Crippen LogP contribution is -2.35. The molecule has 0 bridgehead atoms. The van der Waals surface area contributed by atoms with E-state index in [1.165, 1.54) is 6.20 Å². The van der Waals surface area contributed by atoms with E-state index >= 15 is 0 Å². The Morgan fingerprint density at radius 3 is 2.83 bits per heavy atom. The van der Waals surface area contributed by atoms with Crippen LogP contribution < -0.4 is 10.6 Å². The molecule has 1 amide bonds. The molecule has 1 aromatic carbocycles. The second-order valence-electron chi connectivity index (χ2n) is 5.11. The molecule has 1 aromatic heterocycles. The molecule has 1 aliphatic heterocycles. The Kier molecular flexibility index (Phi) is 5.38. The van der Waals surface area contributed by atoms with Crippen LogP contribution in [0.1, 0.15) is 6.42 Å². The van der Waals surface area contributed by atoms with Crippen molar-refractivity contribution in [3.63, 3.8) is 0 Å². The van der Waals surface area contributed by atoms with Crippen LogP contribution in [0, 0.1) is 0 Å². The van der Waals surface area contributed by atoms with Gasteiger partial charge in [0.2, 0.25) is 5.91 Å². The number of aromatic nitrogens is 2.